The van der Waals surface area contributed by atoms with Crippen molar-refractivity contribution in [1.29, 1.82) is 0 Å². The third-order valence-electron chi connectivity index (χ3n) is 3.41. The van der Waals surface area contributed by atoms with E-state index in [2.05, 4.69) is 5.32 Å². The van der Waals surface area contributed by atoms with Gasteiger partial charge in [-0.05, 0) is 31.0 Å². The van der Waals surface area contributed by atoms with Gasteiger partial charge in [-0.1, -0.05) is 12.8 Å². The molecule has 22 heavy (non-hydrogen) atoms. The predicted octanol–water partition coefficient (Wildman–Crippen LogP) is 2.22. The molecule has 1 heterocycles. The fourth-order valence-corrected chi connectivity index (χ4v) is 2.24. The van der Waals surface area contributed by atoms with E-state index in [-0.39, 0.29) is 12.3 Å². The number of carboxylic acid groups (broad SMARTS) is 1. The summed E-state index contributed by atoms with van der Waals surface area (Å²) in [6, 6.07) is 5.15. The molecule has 1 aromatic rings. The second-order valence-corrected chi connectivity index (χ2v) is 5.17. The van der Waals surface area contributed by atoms with Crippen molar-refractivity contribution >= 4 is 11.9 Å². The van der Waals surface area contributed by atoms with Gasteiger partial charge in [0.1, 0.15) is 13.2 Å². The zero-order chi connectivity index (χ0) is 15.8. The maximum Gasteiger partial charge on any atom is 0.303 e. The van der Waals surface area contributed by atoms with Gasteiger partial charge in [-0.3, -0.25) is 9.59 Å². The van der Waals surface area contributed by atoms with Gasteiger partial charge in [0.05, 0.1) is 0 Å². The molecule has 6 nitrogen and oxygen atoms in total. The molecule has 1 aliphatic rings. The van der Waals surface area contributed by atoms with Crippen LogP contribution < -0.4 is 14.8 Å². The normalized spacial score (nSPS) is 12.7. The van der Waals surface area contributed by atoms with Gasteiger partial charge >= 0.3 is 5.97 Å². The van der Waals surface area contributed by atoms with E-state index in [4.69, 9.17) is 14.6 Å². The monoisotopic (exact) mass is 307 g/mol. The van der Waals surface area contributed by atoms with E-state index in [1.165, 1.54) is 0 Å². The number of carboxylic acids is 1. The van der Waals surface area contributed by atoms with Crippen molar-refractivity contribution in [3.05, 3.63) is 23.8 Å². The summed E-state index contributed by atoms with van der Waals surface area (Å²) in [7, 11) is 0. The number of ether oxygens (including phenoxy) is 2. The van der Waals surface area contributed by atoms with E-state index in [1.807, 2.05) is 0 Å². The first-order chi connectivity index (χ1) is 10.7. The molecule has 0 atom stereocenters. The summed E-state index contributed by atoms with van der Waals surface area (Å²) in [5.41, 5.74) is 0.551. The lowest BCUT2D eigenvalue weighted by atomic mass is 10.1. The Hall–Kier alpha value is -2.24. The van der Waals surface area contributed by atoms with E-state index in [0.29, 0.717) is 43.2 Å². The topological polar surface area (TPSA) is 84.9 Å². The SMILES string of the molecule is O=C(O)CCCCCCNC(=O)c1ccc2c(c1)OCCO2. The summed E-state index contributed by atoms with van der Waals surface area (Å²) in [5, 5.41) is 11.4. The van der Waals surface area contributed by atoms with Crippen LogP contribution in [0.1, 0.15) is 42.5 Å². The number of hydrogen-bond donors (Lipinski definition) is 2. The second-order valence-electron chi connectivity index (χ2n) is 5.17. The van der Waals surface area contributed by atoms with Gasteiger partial charge in [0, 0.05) is 18.5 Å². The number of unbranched alkanes of at least 4 members (excludes halogenated alkanes) is 3. The Morgan fingerprint density at radius 1 is 1.05 bits per heavy atom. The van der Waals surface area contributed by atoms with Crippen molar-refractivity contribution in [2.24, 2.45) is 0 Å². The summed E-state index contributed by atoms with van der Waals surface area (Å²) in [6.45, 7) is 1.61. The smallest absolute Gasteiger partial charge is 0.303 e. The number of hydrogen-bond acceptors (Lipinski definition) is 4. The van der Waals surface area contributed by atoms with E-state index in [0.717, 1.165) is 19.3 Å². The summed E-state index contributed by atoms with van der Waals surface area (Å²) >= 11 is 0. The molecule has 0 fully saturated rings. The van der Waals surface area contributed by atoms with E-state index < -0.39 is 5.97 Å². The van der Waals surface area contributed by atoms with Gasteiger partial charge in [0.15, 0.2) is 11.5 Å². The fourth-order valence-electron chi connectivity index (χ4n) is 2.24. The maximum atomic E-state index is 12.0. The molecule has 1 aliphatic heterocycles. The highest BCUT2D eigenvalue weighted by Crippen LogP contribution is 2.30. The van der Waals surface area contributed by atoms with Gasteiger partial charge in [-0.25, -0.2) is 0 Å². The van der Waals surface area contributed by atoms with Crippen LogP contribution in [0.5, 0.6) is 11.5 Å². The standard InChI is InChI=1S/C16H21NO5/c18-15(19)5-3-1-2-4-8-17-16(20)12-6-7-13-14(11-12)22-10-9-21-13/h6-7,11H,1-5,8-10H2,(H,17,20)(H,18,19). The van der Waals surface area contributed by atoms with Gasteiger partial charge in [0.25, 0.3) is 5.91 Å². The van der Waals surface area contributed by atoms with Crippen molar-refractivity contribution in [2.45, 2.75) is 32.1 Å². The Labute approximate surface area is 129 Å². The number of rotatable bonds is 8. The molecule has 120 valence electrons. The first-order valence-electron chi connectivity index (χ1n) is 7.56. The van der Waals surface area contributed by atoms with Gasteiger partial charge in [0.2, 0.25) is 0 Å². The molecule has 1 aromatic carbocycles. The molecular formula is C16H21NO5. The lowest BCUT2D eigenvalue weighted by molar-refractivity contribution is -0.137. The number of carbonyl (C=O) groups excluding carboxylic acids is 1. The van der Waals surface area contributed by atoms with Crippen molar-refractivity contribution in [2.75, 3.05) is 19.8 Å². The molecule has 0 spiro atoms. The van der Waals surface area contributed by atoms with Crippen molar-refractivity contribution < 1.29 is 24.2 Å². The average Bonchev–Trinajstić information content (AvgIpc) is 2.53. The quantitative estimate of drug-likeness (QED) is 0.719. The first kappa shape index (κ1) is 16.1. The number of amides is 1. The van der Waals surface area contributed by atoms with Gasteiger partial charge in [-0.15, -0.1) is 0 Å². The molecule has 0 saturated carbocycles. The highest BCUT2D eigenvalue weighted by Gasteiger charge is 2.14. The molecule has 0 saturated heterocycles. The summed E-state index contributed by atoms with van der Waals surface area (Å²) in [4.78, 5) is 22.4. The molecule has 0 aromatic heterocycles. The Morgan fingerprint density at radius 3 is 2.55 bits per heavy atom. The van der Waals surface area contributed by atoms with Crippen LogP contribution in [-0.4, -0.2) is 36.7 Å². The summed E-state index contributed by atoms with van der Waals surface area (Å²) < 4.78 is 10.9. The highest BCUT2D eigenvalue weighted by molar-refractivity contribution is 5.94. The largest absolute Gasteiger partial charge is 0.486 e. The number of nitrogens with one attached hydrogen (secondary N) is 1. The minimum absolute atomic E-state index is 0.137. The lowest BCUT2D eigenvalue weighted by Crippen LogP contribution is -2.25. The Balaban J connectivity index is 1.68. The average molecular weight is 307 g/mol. The van der Waals surface area contributed by atoms with Crippen LogP contribution in [0, 0.1) is 0 Å². The summed E-state index contributed by atoms with van der Waals surface area (Å²) in [6.07, 6.45) is 3.52. The molecule has 0 bridgehead atoms. The van der Waals surface area contributed by atoms with E-state index in [9.17, 15) is 9.59 Å². The third-order valence-corrected chi connectivity index (χ3v) is 3.41. The van der Waals surface area contributed by atoms with E-state index >= 15 is 0 Å². The zero-order valence-electron chi connectivity index (χ0n) is 12.5. The highest BCUT2D eigenvalue weighted by atomic mass is 16.6. The first-order valence-corrected chi connectivity index (χ1v) is 7.56. The number of benzene rings is 1. The summed E-state index contributed by atoms with van der Waals surface area (Å²) in [5.74, 6) is 0.378. The fraction of sp³-hybridized carbons (Fsp3) is 0.500. The van der Waals surface area contributed by atoms with Crippen molar-refractivity contribution in [3.63, 3.8) is 0 Å². The Kier molecular flexibility index (Phi) is 6.06. The predicted molar refractivity (Wildman–Crippen MR) is 80.5 cm³/mol. The molecule has 0 unspecified atom stereocenters. The lowest BCUT2D eigenvalue weighted by Gasteiger charge is -2.18. The molecule has 2 N–H and O–H groups in total. The van der Waals surface area contributed by atoms with Crippen LogP contribution in [-0.2, 0) is 4.79 Å². The van der Waals surface area contributed by atoms with Gasteiger partial charge in [-0.2, -0.15) is 0 Å². The van der Waals surface area contributed by atoms with Crippen LogP contribution in [0.2, 0.25) is 0 Å². The number of fused-ring (bicyclic) bond motifs is 1. The number of aliphatic carboxylic acids is 1. The molecular weight excluding hydrogens is 286 g/mol. The van der Waals surface area contributed by atoms with Crippen LogP contribution in [0.15, 0.2) is 18.2 Å². The minimum atomic E-state index is -0.757. The van der Waals surface area contributed by atoms with Crippen LogP contribution in [0.25, 0.3) is 0 Å². The molecule has 1 amide bonds. The van der Waals surface area contributed by atoms with Gasteiger partial charge < -0.3 is 19.9 Å². The molecule has 0 radical (unpaired) electrons. The number of carbonyl (C=O) groups is 2. The third kappa shape index (κ3) is 4.95. The van der Waals surface area contributed by atoms with E-state index in [1.54, 1.807) is 18.2 Å². The second kappa shape index (κ2) is 8.26. The van der Waals surface area contributed by atoms with Crippen LogP contribution in [0.4, 0.5) is 0 Å². The molecule has 0 aliphatic carbocycles. The molecule has 2 rings (SSSR count). The van der Waals surface area contributed by atoms with Crippen LogP contribution in [0.3, 0.4) is 0 Å². The van der Waals surface area contributed by atoms with Crippen molar-refractivity contribution in [3.8, 4) is 11.5 Å². The Bertz CT molecular complexity index is 529. The minimum Gasteiger partial charge on any atom is -0.486 e. The maximum absolute atomic E-state index is 12.0. The van der Waals surface area contributed by atoms with Crippen molar-refractivity contribution in [1.82, 2.24) is 5.32 Å². The molecule has 6 heteroatoms. The Morgan fingerprint density at radius 2 is 1.77 bits per heavy atom. The zero-order valence-corrected chi connectivity index (χ0v) is 12.5. The van der Waals surface area contributed by atoms with Crippen LogP contribution >= 0.6 is 0 Å².